The minimum atomic E-state index is -2.51. The van der Waals surface area contributed by atoms with E-state index in [1.54, 1.807) is 12.3 Å². The molecule has 0 radical (unpaired) electrons. The predicted octanol–water partition coefficient (Wildman–Crippen LogP) is 3.24. The maximum atomic E-state index is 12.6. The van der Waals surface area contributed by atoms with Gasteiger partial charge in [-0.15, -0.1) is 0 Å². The van der Waals surface area contributed by atoms with Gasteiger partial charge in [-0.2, -0.15) is 0 Å². The predicted molar refractivity (Wildman–Crippen MR) is 56.9 cm³/mol. The molecular weight excluding hydrogens is 212 g/mol. The van der Waals surface area contributed by atoms with Gasteiger partial charge in [-0.05, 0) is 12.0 Å². The van der Waals surface area contributed by atoms with Gasteiger partial charge >= 0.3 is 0 Å². The molecule has 0 N–H and O–H groups in total. The molecule has 1 unspecified atom stereocenters. The third kappa shape index (κ3) is 2.49. The molecule has 1 atom stereocenters. The fourth-order valence-corrected chi connectivity index (χ4v) is 1.48. The second kappa shape index (κ2) is 4.00. The van der Waals surface area contributed by atoms with Crippen molar-refractivity contribution in [2.45, 2.75) is 32.1 Å². The molecule has 1 aliphatic rings. The Morgan fingerprint density at radius 3 is 2.81 bits per heavy atom. The molecule has 1 saturated carbocycles. The van der Waals surface area contributed by atoms with Gasteiger partial charge < -0.3 is 4.74 Å². The molecular formula is C12H15F2NO. The van der Waals surface area contributed by atoms with Gasteiger partial charge in [0.05, 0.1) is 12.5 Å². The maximum Gasteiger partial charge on any atom is 0.255 e. The van der Waals surface area contributed by atoms with Gasteiger partial charge in [0, 0.05) is 24.4 Å². The molecule has 0 aromatic carbocycles. The lowest BCUT2D eigenvalue weighted by Gasteiger charge is -2.08. The molecule has 1 aromatic heterocycles. The molecule has 0 amide bonds. The van der Waals surface area contributed by atoms with Crippen LogP contribution in [0.3, 0.4) is 0 Å². The minimum Gasteiger partial charge on any atom is -0.493 e. The number of aromatic nitrogens is 1. The van der Waals surface area contributed by atoms with E-state index in [-0.39, 0.29) is 13.0 Å². The number of ether oxygens (including phenoxy) is 1. The van der Waals surface area contributed by atoms with E-state index in [4.69, 9.17) is 4.74 Å². The van der Waals surface area contributed by atoms with Crippen LogP contribution < -0.4 is 4.74 Å². The van der Waals surface area contributed by atoms with E-state index >= 15 is 0 Å². The van der Waals surface area contributed by atoms with Crippen LogP contribution in [0.4, 0.5) is 8.78 Å². The van der Waals surface area contributed by atoms with Crippen LogP contribution in [-0.2, 0) is 0 Å². The van der Waals surface area contributed by atoms with Crippen molar-refractivity contribution in [3.8, 4) is 5.75 Å². The summed E-state index contributed by atoms with van der Waals surface area (Å²) in [7, 11) is 0. The summed E-state index contributed by atoms with van der Waals surface area (Å²) in [6.07, 6.45) is 1.60. The van der Waals surface area contributed by atoms with Gasteiger partial charge in [-0.3, -0.25) is 4.98 Å². The summed E-state index contributed by atoms with van der Waals surface area (Å²) in [5, 5.41) is 0. The highest BCUT2D eigenvalue weighted by Crippen LogP contribution is 2.48. The molecule has 1 aliphatic carbocycles. The number of hydrogen-bond acceptors (Lipinski definition) is 2. The van der Waals surface area contributed by atoms with Crippen LogP contribution in [0.5, 0.6) is 5.75 Å². The summed E-state index contributed by atoms with van der Waals surface area (Å²) in [6.45, 7) is 4.15. The van der Waals surface area contributed by atoms with Gasteiger partial charge in [0.15, 0.2) is 0 Å². The van der Waals surface area contributed by atoms with Crippen LogP contribution in [0.15, 0.2) is 18.3 Å². The zero-order chi connectivity index (χ0) is 11.8. The first kappa shape index (κ1) is 11.3. The molecule has 0 bridgehead atoms. The van der Waals surface area contributed by atoms with Crippen LogP contribution in [0.1, 0.15) is 31.9 Å². The molecule has 1 fully saturated rings. The van der Waals surface area contributed by atoms with E-state index in [9.17, 15) is 8.78 Å². The molecule has 1 aromatic rings. The zero-order valence-electron chi connectivity index (χ0n) is 9.41. The summed E-state index contributed by atoms with van der Waals surface area (Å²) in [5.41, 5.74) is 0.917. The van der Waals surface area contributed by atoms with E-state index in [2.05, 4.69) is 4.98 Å². The number of hydrogen-bond donors (Lipinski definition) is 0. The van der Waals surface area contributed by atoms with Gasteiger partial charge in [0.1, 0.15) is 5.75 Å². The van der Waals surface area contributed by atoms with Gasteiger partial charge in [0.25, 0.3) is 5.92 Å². The second-order valence-electron chi connectivity index (χ2n) is 4.54. The van der Waals surface area contributed by atoms with E-state index in [1.165, 1.54) is 0 Å². The molecule has 88 valence electrons. The van der Waals surface area contributed by atoms with Crippen molar-refractivity contribution < 1.29 is 13.5 Å². The molecule has 0 spiro atoms. The van der Waals surface area contributed by atoms with E-state index in [0.717, 1.165) is 5.69 Å². The summed E-state index contributed by atoms with van der Waals surface area (Å²) < 4.78 is 30.6. The van der Waals surface area contributed by atoms with Gasteiger partial charge in [-0.1, -0.05) is 13.8 Å². The summed E-state index contributed by atoms with van der Waals surface area (Å²) in [5.74, 6) is -2.18. The van der Waals surface area contributed by atoms with Crippen molar-refractivity contribution in [1.29, 1.82) is 0 Å². The quantitative estimate of drug-likeness (QED) is 0.787. The lowest BCUT2D eigenvalue weighted by molar-refractivity contribution is 0.0856. The molecule has 4 heteroatoms. The van der Waals surface area contributed by atoms with Gasteiger partial charge in [0.2, 0.25) is 0 Å². The second-order valence-corrected chi connectivity index (χ2v) is 4.54. The Kier molecular flexibility index (Phi) is 2.82. The third-order valence-corrected chi connectivity index (χ3v) is 2.75. The fourth-order valence-electron chi connectivity index (χ4n) is 1.48. The van der Waals surface area contributed by atoms with Crippen molar-refractivity contribution in [3.63, 3.8) is 0 Å². The Hall–Kier alpha value is -1.19. The van der Waals surface area contributed by atoms with E-state index in [0.29, 0.717) is 11.7 Å². The third-order valence-electron chi connectivity index (χ3n) is 2.75. The first-order valence-corrected chi connectivity index (χ1v) is 5.45. The van der Waals surface area contributed by atoms with Crippen LogP contribution in [0.2, 0.25) is 0 Å². The number of nitrogens with zero attached hydrogens (tertiary/aromatic N) is 1. The number of halogens is 2. The Balaban J connectivity index is 1.92. The first-order chi connectivity index (χ1) is 7.49. The zero-order valence-corrected chi connectivity index (χ0v) is 9.41. The average molecular weight is 227 g/mol. The highest BCUT2D eigenvalue weighted by Gasteiger charge is 2.57. The minimum absolute atomic E-state index is 0.0465. The van der Waals surface area contributed by atoms with Crippen molar-refractivity contribution in [3.05, 3.63) is 24.0 Å². The van der Waals surface area contributed by atoms with E-state index in [1.807, 2.05) is 19.9 Å². The first-order valence-electron chi connectivity index (χ1n) is 5.45. The Bertz CT molecular complexity index is 379. The van der Waals surface area contributed by atoms with E-state index < -0.39 is 11.8 Å². The lowest BCUT2D eigenvalue weighted by atomic mass is 10.1. The van der Waals surface area contributed by atoms with Gasteiger partial charge in [-0.25, -0.2) is 8.78 Å². The molecule has 0 aliphatic heterocycles. The summed E-state index contributed by atoms with van der Waals surface area (Å²) in [6, 6.07) is 3.51. The number of alkyl halides is 2. The summed E-state index contributed by atoms with van der Waals surface area (Å²) >= 11 is 0. The number of rotatable bonds is 4. The summed E-state index contributed by atoms with van der Waals surface area (Å²) in [4.78, 5) is 4.18. The van der Waals surface area contributed by atoms with Crippen molar-refractivity contribution in [1.82, 2.24) is 4.98 Å². The smallest absolute Gasteiger partial charge is 0.255 e. The Morgan fingerprint density at radius 1 is 1.56 bits per heavy atom. The maximum absolute atomic E-state index is 12.6. The van der Waals surface area contributed by atoms with Crippen LogP contribution in [0, 0.1) is 5.92 Å². The molecule has 1 heterocycles. The highest BCUT2D eigenvalue weighted by atomic mass is 19.3. The molecule has 2 nitrogen and oxygen atoms in total. The molecule has 16 heavy (non-hydrogen) atoms. The Morgan fingerprint density at radius 2 is 2.25 bits per heavy atom. The van der Waals surface area contributed by atoms with Crippen LogP contribution in [-0.4, -0.2) is 17.5 Å². The monoisotopic (exact) mass is 227 g/mol. The van der Waals surface area contributed by atoms with Crippen LogP contribution in [0.25, 0.3) is 0 Å². The Labute approximate surface area is 93.6 Å². The van der Waals surface area contributed by atoms with Crippen LogP contribution >= 0.6 is 0 Å². The topological polar surface area (TPSA) is 22.1 Å². The lowest BCUT2D eigenvalue weighted by Crippen LogP contribution is -2.06. The standard InChI is InChI=1S/C12H15F2NO/c1-8(2)11-5-10(3-4-15-11)16-7-9-6-12(9,13)14/h3-5,8-9H,6-7H2,1-2H3. The van der Waals surface area contributed by atoms with Crippen molar-refractivity contribution >= 4 is 0 Å². The normalized spacial score (nSPS) is 22.2. The molecule has 0 saturated heterocycles. The number of pyridine rings is 1. The largest absolute Gasteiger partial charge is 0.493 e. The molecule has 2 rings (SSSR count). The fraction of sp³-hybridized carbons (Fsp3) is 0.583. The highest BCUT2D eigenvalue weighted by molar-refractivity contribution is 5.24. The SMILES string of the molecule is CC(C)c1cc(OCC2CC2(F)F)ccn1. The average Bonchev–Trinajstić information content (AvgIpc) is 2.84. The van der Waals surface area contributed by atoms with Crippen molar-refractivity contribution in [2.24, 2.45) is 5.92 Å². The van der Waals surface area contributed by atoms with Crippen molar-refractivity contribution in [2.75, 3.05) is 6.61 Å².